The lowest BCUT2D eigenvalue weighted by Crippen LogP contribution is -2.37. The van der Waals surface area contributed by atoms with Crippen molar-refractivity contribution in [1.29, 1.82) is 0 Å². The van der Waals surface area contributed by atoms with Crippen LogP contribution in [0.2, 0.25) is 0 Å². The van der Waals surface area contributed by atoms with Crippen LogP contribution < -0.4 is 4.89 Å². The van der Waals surface area contributed by atoms with E-state index in [1.165, 1.54) is 116 Å². The third-order valence-corrected chi connectivity index (χ3v) is 13.4. The molecule has 2 unspecified atom stereocenters. The van der Waals surface area contributed by atoms with Crippen molar-refractivity contribution >= 4 is 19.8 Å². The van der Waals surface area contributed by atoms with Crippen LogP contribution >= 0.6 is 7.82 Å². The van der Waals surface area contributed by atoms with E-state index < -0.39 is 26.5 Å². The number of ether oxygens (including phenoxy) is 2. The number of nitrogens with zero attached hydrogens (tertiary/aromatic N) is 1. The number of phosphoric ester groups is 1. The summed E-state index contributed by atoms with van der Waals surface area (Å²) in [5, 5.41) is 0. The zero-order valence-electron chi connectivity index (χ0n) is 47.1. The van der Waals surface area contributed by atoms with Gasteiger partial charge in [0.2, 0.25) is 0 Å². The van der Waals surface area contributed by atoms with Crippen molar-refractivity contribution in [2.75, 3.05) is 47.5 Å². The summed E-state index contributed by atoms with van der Waals surface area (Å²) in [5.74, 6) is -0.850. The molecule has 10 heteroatoms. The molecule has 0 aliphatic heterocycles. The number of carbonyl (C=O) groups is 2. The number of unbranched alkanes of at least 4 members (excludes halogenated alkanes) is 25. The Balaban J connectivity index is 4.22. The standard InChI is InChI=1S/C62H110NO8P/c1-6-8-10-12-14-16-18-20-22-24-26-28-30-31-33-35-37-39-41-43-45-47-49-51-53-55-62(65)71-60(59-70-72(66,67)69-57-56-63(3,4)5)58-68-61(64)54-52-50-48-46-44-42-40-38-36-34-32-29-27-25-23-21-19-17-15-13-11-9-7-2/h8,10,14,16,20,22,25-28,31,33,37,39,60H,6-7,9,11-13,15,17-19,21,23-24,29-30,32,34-36,38,40-59H2,1-5H3/b10-8-,16-14-,22-20-,27-25-,28-26-,33-31-,39-37-. The van der Waals surface area contributed by atoms with Crippen molar-refractivity contribution in [1.82, 2.24) is 0 Å². The molecule has 0 heterocycles. The lowest BCUT2D eigenvalue weighted by Gasteiger charge is -2.28. The van der Waals surface area contributed by atoms with E-state index >= 15 is 0 Å². The lowest BCUT2D eigenvalue weighted by molar-refractivity contribution is -0.870. The Morgan fingerprint density at radius 1 is 0.444 bits per heavy atom. The minimum Gasteiger partial charge on any atom is -0.756 e. The third-order valence-electron chi connectivity index (χ3n) is 12.4. The highest BCUT2D eigenvalue weighted by Gasteiger charge is 2.21. The normalized spacial score (nSPS) is 13.9. The van der Waals surface area contributed by atoms with Crippen molar-refractivity contribution in [3.63, 3.8) is 0 Å². The van der Waals surface area contributed by atoms with Gasteiger partial charge in [-0.3, -0.25) is 14.2 Å². The van der Waals surface area contributed by atoms with E-state index in [4.69, 9.17) is 18.5 Å². The Morgan fingerprint density at radius 2 is 0.792 bits per heavy atom. The lowest BCUT2D eigenvalue weighted by atomic mass is 10.0. The maximum Gasteiger partial charge on any atom is 0.306 e. The van der Waals surface area contributed by atoms with Crippen LogP contribution in [-0.2, 0) is 32.7 Å². The summed E-state index contributed by atoms with van der Waals surface area (Å²) in [6.45, 7) is 4.12. The third kappa shape index (κ3) is 56.5. The van der Waals surface area contributed by atoms with E-state index in [0.717, 1.165) is 96.3 Å². The second-order valence-corrected chi connectivity index (χ2v) is 22.0. The fraction of sp³-hybridized carbons (Fsp3) is 0.742. The first-order chi connectivity index (χ1) is 35.0. The summed E-state index contributed by atoms with van der Waals surface area (Å²) in [4.78, 5) is 37.9. The molecular formula is C62H110NO8P. The van der Waals surface area contributed by atoms with Gasteiger partial charge in [-0.1, -0.05) is 227 Å². The van der Waals surface area contributed by atoms with Crippen LogP contribution in [-0.4, -0.2) is 70.0 Å². The fourth-order valence-electron chi connectivity index (χ4n) is 7.89. The molecule has 0 bridgehead atoms. The van der Waals surface area contributed by atoms with Gasteiger partial charge >= 0.3 is 11.9 Å². The number of carbonyl (C=O) groups excluding carboxylic acids is 2. The molecular weight excluding hydrogens is 918 g/mol. The number of phosphoric acid groups is 1. The molecule has 0 aliphatic rings. The Morgan fingerprint density at radius 3 is 1.19 bits per heavy atom. The molecule has 0 radical (unpaired) electrons. The van der Waals surface area contributed by atoms with E-state index in [9.17, 15) is 19.0 Å². The molecule has 0 fully saturated rings. The summed E-state index contributed by atoms with van der Waals surface area (Å²) in [5.41, 5.74) is 0. The number of hydrogen-bond donors (Lipinski definition) is 0. The number of esters is 2. The molecule has 0 aromatic carbocycles. The molecule has 0 aromatic rings. The zero-order valence-corrected chi connectivity index (χ0v) is 48.0. The van der Waals surface area contributed by atoms with E-state index in [0.29, 0.717) is 17.4 Å². The molecule has 0 saturated carbocycles. The molecule has 2 atom stereocenters. The van der Waals surface area contributed by atoms with Crippen molar-refractivity contribution in [2.24, 2.45) is 0 Å². The molecule has 0 aliphatic carbocycles. The van der Waals surface area contributed by atoms with Gasteiger partial charge in [0.25, 0.3) is 7.82 Å². The Labute approximate surface area is 443 Å². The van der Waals surface area contributed by atoms with Gasteiger partial charge < -0.3 is 27.9 Å². The first kappa shape index (κ1) is 69.2. The highest BCUT2D eigenvalue weighted by molar-refractivity contribution is 7.45. The van der Waals surface area contributed by atoms with Gasteiger partial charge in [-0.05, 0) is 89.9 Å². The van der Waals surface area contributed by atoms with Crippen molar-refractivity contribution in [3.05, 3.63) is 85.1 Å². The van der Waals surface area contributed by atoms with Gasteiger partial charge in [0.05, 0.1) is 27.7 Å². The molecule has 9 nitrogen and oxygen atoms in total. The smallest absolute Gasteiger partial charge is 0.306 e. The van der Waals surface area contributed by atoms with Crippen LogP contribution in [0.5, 0.6) is 0 Å². The van der Waals surface area contributed by atoms with Crippen LogP contribution in [0.15, 0.2) is 85.1 Å². The van der Waals surface area contributed by atoms with Crippen LogP contribution in [0.25, 0.3) is 0 Å². The molecule has 416 valence electrons. The van der Waals surface area contributed by atoms with Crippen molar-refractivity contribution < 1.29 is 42.1 Å². The summed E-state index contributed by atoms with van der Waals surface area (Å²) in [6.07, 6.45) is 70.5. The Hall–Kier alpha value is -2.81. The fourth-order valence-corrected chi connectivity index (χ4v) is 8.62. The minimum absolute atomic E-state index is 0.0377. The Bertz CT molecular complexity index is 1490. The monoisotopic (exact) mass is 1030 g/mol. The molecule has 0 aromatic heterocycles. The maximum atomic E-state index is 12.8. The van der Waals surface area contributed by atoms with Gasteiger partial charge in [-0.25, -0.2) is 0 Å². The van der Waals surface area contributed by atoms with Crippen LogP contribution in [0, 0.1) is 0 Å². The molecule has 0 N–H and O–H groups in total. The topological polar surface area (TPSA) is 111 Å². The van der Waals surface area contributed by atoms with Gasteiger partial charge in [0, 0.05) is 12.8 Å². The second kappa shape index (κ2) is 53.0. The summed E-state index contributed by atoms with van der Waals surface area (Å²) < 4.78 is 34.2. The molecule has 0 rings (SSSR count). The van der Waals surface area contributed by atoms with Gasteiger partial charge in [0.1, 0.15) is 19.8 Å². The number of hydrogen-bond acceptors (Lipinski definition) is 8. The highest BCUT2D eigenvalue weighted by atomic mass is 31.2. The predicted molar refractivity (Wildman–Crippen MR) is 305 cm³/mol. The zero-order chi connectivity index (χ0) is 52.7. The molecule has 0 spiro atoms. The van der Waals surface area contributed by atoms with Gasteiger partial charge in [-0.2, -0.15) is 0 Å². The predicted octanol–water partition coefficient (Wildman–Crippen LogP) is 17.6. The summed E-state index contributed by atoms with van der Waals surface area (Å²) >= 11 is 0. The number of rotatable bonds is 53. The van der Waals surface area contributed by atoms with Crippen LogP contribution in [0.3, 0.4) is 0 Å². The first-order valence-corrected chi connectivity index (χ1v) is 30.8. The molecule has 72 heavy (non-hydrogen) atoms. The average molecular weight is 1030 g/mol. The first-order valence-electron chi connectivity index (χ1n) is 29.3. The largest absolute Gasteiger partial charge is 0.756 e. The van der Waals surface area contributed by atoms with E-state index in [2.05, 4.69) is 98.9 Å². The average Bonchev–Trinajstić information content (AvgIpc) is 3.34. The van der Waals surface area contributed by atoms with Crippen molar-refractivity contribution in [3.8, 4) is 0 Å². The number of quaternary nitrogens is 1. The van der Waals surface area contributed by atoms with Crippen LogP contribution in [0.1, 0.15) is 245 Å². The van der Waals surface area contributed by atoms with Crippen LogP contribution in [0.4, 0.5) is 0 Å². The summed E-state index contributed by atoms with van der Waals surface area (Å²) in [7, 11) is 1.15. The second-order valence-electron chi connectivity index (χ2n) is 20.6. The van der Waals surface area contributed by atoms with E-state index in [1.807, 2.05) is 21.1 Å². The Kier molecular flexibility index (Phi) is 51.0. The minimum atomic E-state index is -4.65. The van der Waals surface area contributed by atoms with E-state index in [1.54, 1.807) is 0 Å². The molecule has 0 amide bonds. The van der Waals surface area contributed by atoms with Gasteiger partial charge in [0.15, 0.2) is 6.10 Å². The van der Waals surface area contributed by atoms with Gasteiger partial charge in [-0.15, -0.1) is 0 Å². The molecule has 0 saturated heterocycles. The number of likely N-dealkylation sites (N-methyl/N-ethyl adjacent to an activating group) is 1. The van der Waals surface area contributed by atoms with E-state index in [-0.39, 0.29) is 32.0 Å². The highest BCUT2D eigenvalue weighted by Crippen LogP contribution is 2.38. The quantitative estimate of drug-likeness (QED) is 0.0195. The maximum absolute atomic E-state index is 12.8. The van der Waals surface area contributed by atoms with Crippen molar-refractivity contribution in [2.45, 2.75) is 251 Å². The summed E-state index contributed by atoms with van der Waals surface area (Å²) in [6, 6.07) is 0. The SMILES string of the molecule is CC/C=C\C/C=C\C/C=C\C/C=C\C/C=C\C/C=C\CCCCCCCCC(=O)OC(COC(=O)CCCCCCCCCCCCC/C=C\CCCCCCCCCC)COP(=O)([O-])OCC[N+](C)(C)C. The number of allylic oxidation sites excluding steroid dienone is 14.